The van der Waals surface area contributed by atoms with E-state index in [9.17, 15) is 13.6 Å². The molecule has 1 aliphatic rings. The third kappa shape index (κ3) is 4.02. The quantitative estimate of drug-likeness (QED) is 0.529. The van der Waals surface area contributed by atoms with E-state index < -0.39 is 24.4 Å². The summed E-state index contributed by atoms with van der Waals surface area (Å²) in [5, 5.41) is 2.98. The maximum absolute atomic E-state index is 12.7. The average Bonchev–Trinajstić information content (AvgIpc) is 2.47. The smallest absolute Gasteiger partial charge is 0.377 e. The third-order valence-corrected chi connectivity index (χ3v) is 2.38. The van der Waals surface area contributed by atoms with Gasteiger partial charge in [-0.2, -0.15) is 8.78 Å². The van der Waals surface area contributed by atoms with Gasteiger partial charge in [0.15, 0.2) is 0 Å². The first-order chi connectivity index (χ1) is 7.56. The molecule has 0 aromatic heterocycles. The van der Waals surface area contributed by atoms with E-state index >= 15 is 0 Å². The molecule has 0 radical (unpaired) electrons. The van der Waals surface area contributed by atoms with Crippen molar-refractivity contribution < 1.29 is 23.0 Å². The molecule has 1 aliphatic heterocycles. The van der Waals surface area contributed by atoms with E-state index in [0.717, 1.165) is 12.8 Å². The fourth-order valence-corrected chi connectivity index (χ4v) is 1.52. The largest absolute Gasteiger partial charge is 0.456 e. The summed E-state index contributed by atoms with van der Waals surface area (Å²) in [5.41, 5.74) is 0. The Morgan fingerprint density at radius 1 is 1.56 bits per heavy atom. The summed E-state index contributed by atoms with van der Waals surface area (Å²) in [4.78, 5) is 10.7. The highest BCUT2D eigenvalue weighted by atomic mass is 19.3. The molecule has 1 rings (SSSR count). The molecule has 1 atom stereocenters. The van der Waals surface area contributed by atoms with Gasteiger partial charge in [0.1, 0.15) is 6.10 Å². The fourth-order valence-electron chi connectivity index (χ4n) is 1.52. The lowest BCUT2D eigenvalue weighted by Gasteiger charge is -2.09. The Labute approximate surface area is 93.3 Å². The lowest BCUT2D eigenvalue weighted by Crippen LogP contribution is -2.28. The predicted octanol–water partition coefficient (Wildman–Crippen LogP) is 0.953. The van der Waals surface area contributed by atoms with Crippen LogP contribution in [-0.2, 0) is 14.3 Å². The topological polar surface area (TPSA) is 47.6 Å². The van der Waals surface area contributed by atoms with Gasteiger partial charge in [-0.25, -0.2) is 4.79 Å². The van der Waals surface area contributed by atoms with Gasteiger partial charge in [-0.15, -0.1) is 0 Å². The summed E-state index contributed by atoms with van der Waals surface area (Å²) in [5.74, 6) is -4.71. The zero-order chi connectivity index (χ0) is 12.0. The predicted molar refractivity (Wildman–Crippen MR) is 53.4 cm³/mol. The van der Waals surface area contributed by atoms with Gasteiger partial charge >= 0.3 is 11.9 Å². The summed E-state index contributed by atoms with van der Waals surface area (Å²) in [7, 11) is 1.63. The van der Waals surface area contributed by atoms with Crippen molar-refractivity contribution in [1.82, 2.24) is 5.32 Å². The summed E-state index contributed by atoms with van der Waals surface area (Å²) >= 11 is 0. The van der Waals surface area contributed by atoms with Crippen LogP contribution in [0.4, 0.5) is 8.78 Å². The Bertz CT molecular complexity index is 236. The first-order valence-electron chi connectivity index (χ1n) is 5.35. The molecule has 1 fully saturated rings. The van der Waals surface area contributed by atoms with Crippen LogP contribution in [0.2, 0.25) is 0 Å². The second kappa shape index (κ2) is 6.10. The first kappa shape index (κ1) is 13.3. The van der Waals surface area contributed by atoms with Crippen molar-refractivity contribution in [2.75, 3.05) is 26.8 Å². The van der Waals surface area contributed by atoms with E-state index in [1.165, 1.54) is 0 Å². The van der Waals surface area contributed by atoms with Crippen molar-refractivity contribution in [1.29, 1.82) is 0 Å². The van der Waals surface area contributed by atoms with Crippen molar-refractivity contribution in [2.24, 2.45) is 0 Å². The van der Waals surface area contributed by atoms with E-state index in [0.29, 0.717) is 13.2 Å². The van der Waals surface area contributed by atoms with Crippen LogP contribution in [0.25, 0.3) is 0 Å². The summed E-state index contributed by atoms with van der Waals surface area (Å²) in [6, 6.07) is 0. The molecule has 0 aromatic rings. The molecule has 0 saturated carbocycles. The highest BCUT2D eigenvalue weighted by Crippen LogP contribution is 2.30. The number of ether oxygens (including phenoxy) is 2. The molecule has 1 unspecified atom stereocenters. The Balaban J connectivity index is 2.05. The highest BCUT2D eigenvalue weighted by molar-refractivity contribution is 5.79. The Morgan fingerprint density at radius 3 is 2.88 bits per heavy atom. The molecular formula is C10H17F2NO3. The molecule has 4 nitrogen and oxygen atoms in total. The SMILES string of the molecule is COCCCCNCC1CC(F)(F)C(=O)O1. The number of nitrogens with one attached hydrogen (secondary N) is 1. The van der Waals surface area contributed by atoms with Crippen LogP contribution >= 0.6 is 0 Å². The monoisotopic (exact) mass is 237 g/mol. The van der Waals surface area contributed by atoms with Crippen molar-refractivity contribution in [3.63, 3.8) is 0 Å². The third-order valence-electron chi connectivity index (χ3n) is 2.38. The van der Waals surface area contributed by atoms with E-state index in [1.807, 2.05) is 0 Å². The maximum Gasteiger partial charge on any atom is 0.377 e. The van der Waals surface area contributed by atoms with Crippen LogP contribution in [-0.4, -0.2) is 44.8 Å². The fraction of sp³-hybridized carbons (Fsp3) is 0.900. The van der Waals surface area contributed by atoms with Crippen LogP contribution in [0.15, 0.2) is 0 Å². The normalized spacial score (nSPS) is 23.4. The van der Waals surface area contributed by atoms with Gasteiger partial charge in [0.2, 0.25) is 0 Å². The standard InChI is InChI=1S/C10H17F2NO3/c1-15-5-3-2-4-13-7-8-6-10(11,12)9(14)16-8/h8,13H,2-7H2,1H3. The lowest BCUT2D eigenvalue weighted by atomic mass is 10.2. The summed E-state index contributed by atoms with van der Waals surface area (Å²) in [6.07, 6.45) is 0.608. The van der Waals surface area contributed by atoms with Gasteiger partial charge in [-0.1, -0.05) is 0 Å². The molecule has 0 amide bonds. The van der Waals surface area contributed by atoms with Crippen LogP contribution in [0, 0.1) is 0 Å². The minimum atomic E-state index is -3.30. The highest BCUT2D eigenvalue weighted by Gasteiger charge is 2.50. The zero-order valence-electron chi connectivity index (χ0n) is 9.30. The lowest BCUT2D eigenvalue weighted by molar-refractivity contribution is -0.158. The number of hydrogen-bond donors (Lipinski definition) is 1. The van der Waals surface area contributed by atoms with Crippen LogP contribution in [0.3, 0.4) is 0 Å². The Morgan fingerprint density at radius 2 is 2.31 bits per heavy atom. The number of esters is 1. The van der Waals surface area contributed by atoms with Gasteiger partial charge in [0.25, 0.3) is 0 Å². The second-order valence-corrected chi connectivity index (χ2v) is 3.84. The van der Waals surface area contributed by atoms with Crippen LogP contribution < -0.4 is 5.32 Å². The van der Waals surface area contributed by atoms with Crippen molar-refractivity contribution in [2.45, 2.75) is 31.3 Å². The van der Waals surface area contributed by atoms with E-state index in [-0.39, 0.29) is 6.54 Å². The van der Waals surface area contributed by atoms with Crippen molar-refractivity contribution >= 4 is 5.97 Å². The number of carbonyl (C=O) groups excluding carboxylic acids is 1. The Kier molecular flexibility index (Phi) is 5.08. The molecule has 0 bridgehead atoms. The number of hydrogen-bond acceptors (Lipinski definition) is 4. The molecule has 16 heavy (non-hydrogen) atoms. The van der Waals surface area contributed by atoms with Gasteiger partial charge in [0.05, 0.1) is 6.42 Å². The molecule has 0 aromatic carbocycles. The van der Waals surface area contributed by atoms with Crippen molar-refractivity contribution in [3.05, 3.63) is 0 Å². The molecule has 1 heterocycles. The van der Waals surface area contributed by atoms with E-state index in [1.54, 1.807) is 7.11 Å². The second-order valence-electron chi connectivity index (χ2n) is 3.84. The van der Waals surface area contributed by atoms with E-state index in [4.69, 9.17) is 4.74 Å². The number of methoxy groups -OCH3 is 1. The molecule has 0 aliphatic carbocycles. The molecule has 94 valence electrons. The van der Waals surface area contributed by atoms with Gasteiger partial charge in [-0.3, -0.25) is 0 Å². The van der Waals surface area contributed by atoms with Gasteiger partial charge < -0.3 is 14.8 Å². The number of halogens is 2. The number of unbranched alkanes of at least 4 members (excludes halogenated alkanes) is 1. The molecule has 0 spiro atoms. The Hall–Kier alpha value is -0.750. The van der Waals surface area contributed by atoms with Crippen LogP contribution in [0.5, 0.6) is 0 Å². The number of rotatable bonds is 7. The zero-order valence-corrected chi connectivity index (χ0v) is 9.30. The number of carbonyl (C=O) groups is 1. The maximum atomic E-state index is 12.7. The first-order valence-corrected chi connectivity index (χ1v) is 5.35. The summed E-state index contributed by atoms with van der Waals surface area (Å²) in [6.45, 7) is 1.69. The average molecular weight is 237 g/mol. The number of cyclic esters (lactones) is 1. The summed E-state index contributed by atoms with van der Waals surface area (Å²) < 4.78 is 34.9. The van der Waals surface area contributed by atoms with Crippen molar-refractivity contribution in [3.8, 4) is 0 Å². The minimum absolute atomic E-state index is 0.286. The number of alkyl halides is 2. The van der Waals surface area contributed by atoms with Gasteiger partial charge in [-0.05, 0) is 19.4 Å². The molecule has 6 heteroatoms. The molecule has 1 saturated heterocycles. The van der Waals surface area contributed by atoms with E-state index in [2.05, 4.69) is 10.1 Å². The van der Waals surface area contributed by atoms with Crippen LogP contribution in [0.1, 0.15) is 19.3 Å². The minimum Gasteiger partial charge on any atom is -0.456 e. The molecule has 1 N–H and O–H groups in total. The molecular weight excluding hydrogens is 220 g/mol. The van der Waals surface area contributed by atoms with Gasteiger partial charge in [0, 0.05) is 20.3 Å².